The van der Waals surface area contributed by atoms with Crippen LogP contribution >= 0.6 is 0 Å². The van der Waals surface area contributed by atoms with E-state index in [9.17, 15) is 4.79 Å². The second kappa shape index (κ2) is 6.74. The minimum atomic E-state index is -0.0768. The summed E-state index contributed by atoms with van der Waals surface area (Å²) in [5, 5.41) is 3.83. The van der Waals surface area contributed by atoms with Crippen molar-refractivity contribution in [2.24, 2.45) is 0 Å². The summed E-state index contributed by atoms with van der Waals surface area (Å²) in [6.07, 6.45) is 4.05. The maximum atomic E-state index is 12.2. The molecule has 1 amide bonds. The first-order chi connectivity index (χ1) is 10.7. The van der Waals surface area contributed by atoms with Crippen LogP contribution in [0.4, 0.5) is 0 Å². The normalized spacial score (nSPS) is 18.6. The van der Waals surface area contributed by atoms with Gasteiger partial charge in [-0.2, -0.15) is 4.98 Å². The Morgan fingerprint density at radius 2 is 2.45 bits per heavy atom. The zero-order valence-electron chi connectivity index (χ0n) is 12.5. The highest BCUT2D eigenvalue weighted by Crippen LogP contribution is 2.16. The maximum Gasteiger partial charge on any atom is 0.289 e. The molecule has 1 atom stereocenters. The van der Waals surface area contributed by atoms with E-state index in [0.717, 1.165) is 19.4 Å². The lowest BCUT2D eigenvalue weighted by molar-refractivity contribution is 0.00155. The average molecular weight is 305 g/mol. The number of ether oxygens (including phenoxy) is 1. The predicted molar refractivity (Wildman–Crippen MR) is 76.3 cm³/mol. The molecule has 1 fully saturated rings. The van der Waals surface area contributed by atoms with Gasteiger partial charge < -0.3 is 18.6 Å². The Hall–Kier alpha value is -2.15. The topological polar surface area (TPSA) is 81.6 Å². The van der Waals surface area contributed by atoms with Crippen molar-refractivity contribution in [1.29, 1.82) is 0 Å². The summed E-state index contributed by atoms with van der Waals surface area (Å²) in [6, 6.07) is 3.41. The Balaban J connectivity index is 1.47. The zero-order chi connectivity index (χ0) is 15.4. The van der Waals surface area contributed by atoms with Gasteiger partial charge >= 0.3 is 0 Å². The second-order valence-electron chi connectivity index (χ2n) is 5.34. The fourth-order valence-electron chi connectivity index (χ4n) is 2.57. The highest BCUT2D eigenvalue weighted by atomic mass is 16.5. The summed E-state index contributed by atoms with van der Waals surface area (Å²) in [5.74, 6) is 1.51. The van der Waals surface area contributed by atoms with Crippen molar-refractivity contribution in [2.75, 3.05) is 19.7 Å². The van der Waals surface area contributed by atoms with Crippen LogP contribution in [-0.4, -0.2) is 46.7 Å². The molecular formula is C15H19N3O4. The smallest absolute Gasteiger partial charge is 0.289 e. The molecule has 0 bridgehead atoms. The standard InChI is InChI=1S/C15H19N3O4/c1-11-16-14(17-22-11)6-9-20-12-4-2-7-18(10-12)15(19)13-5-3-8-21-13/h3,5,8,12H,2,4,6-7,9-10H2,1H3. The van der Waals surface area contributed by atoms with Crippen LogP contribution in [-0.2, 0) is 11.2 Å². The molecule has 0 N–H and O–H groups in total. The third-order valence-electron chi connectivity index (χ3n) is 3.65. The van der Waals surface area contributed by atoms with Gasteiger partial charge in [-0.25, -0.2) is 0 Å². The molecule has 7 nitrogen and oxygen atoms in total. The van der Waals surface area contributed by atoms with Gasteiger partial charge in [0.15, 0.2) is 11.6 Å². The Morgan fingerprint density at radius 1 is 1.55 bits per heavy atom. The molecule has 7 heteroatoms. The summed E-state index contributed by atoms with van der Waals surface area (Å²) in [6.45, 7) is 3.61. The van der Waals surface area contributed by atoms with Gasteiger partial charge in [0.05, 0.1) is 19.0 Å². The molecule has 0 spiro atoms. The van der Waals surface area contributed by atoms with Gasteiger partial charge in [0.25, 0.3) is 5.91 Å². The van der Waals surface area contributed by atoms with E-state index in [0.29, 0.717) is 37.0 Å². The van der Waals surface area contributed by atoms with Gasteiger partial charge in [-0.1, -0.05) is 5.16 Å². The van der Waals surface area contributed by atoms with Gasteiger partial charge in [0.1, 0.15) is 0 Å². The van der Waals surface area contributed by atoms with Crippen LogP contribution in [0.1, 0.15) is 35.1 Å². The average Bonchev–Trinajstić information content (AvgIpc) is 3.19. The minimum Gasteiger partial charge on any atom is -0.459 e. The summed E-state index contributed by atoms with van der Waals surface area (Å²) < 4.78 is 15.9. The molecule has 3 heterocycles. The lowest BCUT2D eigenvalue weighted by Gasteiger charge is -2.32. The number of carbonyl (C=O) groups is 1. The number of hydrogen-bond acceptors (Lipinski definition) is 6. The summed E-state index contributed by atoms with van der Waals surface area (Å²) in [7, 11) is 0. The Kier molecular flexibility index (Phi) is 4.53. The van der Waals surface area contributed by atoms with E-state index in [4.69, 9.17) is 13.7 Å². The number of carbonyl (C=O) groups excluding carboxylic acids is 1. The fraction of sp³-hybridized carbons (Fsp3) is 0.533. The van der Waals surface area contributed by atoms with Gasteiger partial charge in [-0.15, -0.1) is 0 Å². The van der Waals surface area contributed by atoms with E-state index in [2.05, 4.69) is 10.1 Å². The second-order valence-corrected chi connectivity index (χ2v) is 5.34. The van der Waals surface area contributed by atoms with Crippen molar-refractivity contribution in [3.05, 3.63) is 35.9 Å². The van der Waals surface area contributed by atoms with Gasteiger partial charge in [0.2, 0.25) is 5.89 Å². The van der Waals surface area contributed by atoms with Crippen molar-refractivity contribution in [3.8, 4) is 0 Å². The number of furan rings is 1. The Bertz CT molecular complexity index is 608. The van der Waals surface area contributed by atoms with Crippen LogP contribution in [0.25, 0.3) is 0 Å². The first kappa shape index (κ1) is 14.8. The number of hydrogen-bond donors (Lipinski definition) is 0. The largest absolute Gasteiger partial charge is 0.459 e. The summed E-state index contributed by atoms with van der Waals surface area (Å²) in [5.41, 5.74) is 0. The van der Waals surface area contributed by atoms with Crippen LogP contribution < -0.4 is 0 Å². The van der Waals surface area contributed by atoms with E-state index in [1.54, 1.807) is 24.0 Å². The number of aryl methyl sites for hydroxylation is 1. The first-order valence-electron chi connectivity index (χ1n) is 7.46. The van der Waals surface area contributed by atoms with Crippen LogP contribution in [0.2, 0.25) is 0 Å². The number of likely N-dealkylation sites (tertiary alicyclic amines) is 1. The third kappa shape index (κ3) is 3.54. The quantitative estimate of drug-likeness (QED) is 0.838. The number of nitrogens with zero attached hydrogens (tertiary/aromatic N) is 3. The molecule has 1 aliphatic rings. The molecule has 1 unspecified atom stereocenters. The number of piperidine rings is 1. The molecule has 1 saturated heterocycles. The van der Waals surface area contributed by atoms with Gasteiger partial charge in [0, 0.05) is 26.4 Å². The molecule has 1 aliphatic heterocycles. The predicted octanol–water partition coefficient (Wildman–Crippen LogP) is 1.83. The molecule has 22 heavy (non-hydrogen) atoms. The minimum absolute atomic E-state index is 0.0423. The van der Waals surface area contributed by atoms with E-state index in [1.165, 1.54) is 6.26 Å². The van der Waals surface area contributed by atoms with Crippen molar-refractivity contribution in [2.45, 2.75) is 32.3 Å². The number of amides is 1. The molecule has 3 rings (SSSR count). The van der Waals surface area contributed by atoms with E-state index < -0.39 is 0 Å². The molecule has 2 aromatic rings. The molecule has 0 aliphatic carbocycles. The molecular weight excluding hydrogens is 286 g/mol. The van der Waals surface area contributed by atoms with Gasteiger partial charge in [-0.05, 0) is 25.0 Å². The molecule has 0 saturated carbocycles. The SMILES string of the molecule is Cc1nc(CCOC2CCCN(C(=O)c3ccco3)C2)no1. The van der Waals surface area contributed by atoms with Crippen LogP contribution in [0.5, 0.6) is 0 Å². The van der Waals surface area contributed by atoms with E-state index in [1.807, 2.05) is 0 Å². The highest BCUT2D eigenvalue weighted by molar-refractivity contribution is 5.91. The number of rotatable bonds is 5. The van der Waals surface area contributed by atoms with E-state index >= 15 is 0 Å². The van der Waals surface area contributed by atoms with E-state index in [-0.39, 0.29) is 12.0 Å². The maximum absolute atomic E-state index is 12.2. The van der Waals surface area contributed by atoms with Crippen molar-refractivity contribution < 1.29 is 18.5 Å². The van der Waals surface area contributed by atoms with Crippen LogP contribution in [0, 0.1) is 6.92 Å². The molecule has 2 aromatic heterocycles. The van der Waals surface area contributed by atoms with Crippen molar-refractivity contribution >= 4 is 5.91 Å². The Labute approximate surface area is 128 Å². The molecule has 118 valence electrons. The van der Waals surface area contributed by atoms with Crippen molar-refractivity contribution in [1.82, 2.24) is 15.0 Å². The third-order valence-corrected chi connectivity index (χ3v) is 3.65. The lowest BCUT2D eigenvalue weighted by atomic mass is 10.1. The Morgan fingerprint density at radius 3 is 3.18 bits per heavy atom. The summed E-state index contributed by atoms with van der Waals surface area (Å²) >= 11 is 0. The molecule has 0 radical (unpaired) electrons. The summed E-state index contributed by atoms with van der Waals surface area (Å²) in [4.78, 5) is 18.2. The zero-order valence-corrected chi connectivity index (χ0v) is 12.5. The fourth-order valence-corrected chi connectivity index (χ4v) is 2.57. The van der Waals surface area contributed by atoms with Crippen LogP contribution in [0.15, 0.2) is 27.3 Å². The highest BCUT2D eigenvalue weighted by Gasteiger charge is 2.26. The lowest BCUT2D eigenvalue weighted by Crippen LogP contribution is -2.43. The van der Waals surface area contributed by atoms with Gasteiger partial charge in [-0.3, -0.25) is 4.79 Å². The first-order valence-corrected chi connectivity index (χ1v) is 7.46. The number of aromatic nitrogens is 2. The monoisotopic (exact) mass is 305 g/mol. The molecule has 0 aromatic carbocycles. The van der Waals surface area contributed by atoms with Crippen LogP contribution in [0.3, 0.4) is 0 Å². The van der Waals surface area contributed by atoms with Crippen molar-refractivity contribution in [3.63, 3.8) is 0 Å².